The lowest BCUT2D eigenvalue weighted by molar-refractivity contribution is 0.0710. The van der Waals surface area contributed by atoms with E-state index in [1.54, 1.807) is 23.0 Å². The first-order valence-corrected chi connectivity index (χ1v) is 8.77. The zero-order chi connectivity index (χ0) is 16.1. The first-order chi connectivity index (χ1) is 9.59. The fourth-order valence-electron chi connectivity index (χ4n) is 3.33. The first-order valence-electron chi connectivity index (χ1n) is 7.33. The van der Waals surface area contributed by atoms with Gasteiger partial charge in [-0.15, -0.1) is 0 Å². The minimum absolute atomic E-state index is 0.0507. The van der Waals surface area contributed by atoms with Crippen molar-refractivity contribution in [1.29, 1.82) is 0 Å². The number of likely N-dealkylation sites (N-methyl/N-ethyl adjacent to an activating group) is 1. The molecular formula is C14H26N4O2S. The van der Waals surface area contributed by atoms with Crippen molar-refractivity contribution in [3.05, 3.63) is 11.4 Å². The molecule has 2 heterocycles. The summed E-state index contributed by atoms with van der Waals surface area (Å²) in [6, 6.07) is 0.0706. The Labute approximate surface area is 127 Å². The third-order valence-corrected chi connectivity index (χ3v) is 7.11. The molecule has 21 heavy (non-hydrogen) atoms. The second-order valence-electron chi connectivity index (χ2n) is 6.23. The molecule has 0 bridgehead atoms. The molecule has 3 unspecified atom stereocenters. The first kappa shape index (κ1) is 16.5. The molecule has 0 spiro atoms. The Morgan fingerprint density at radius 2 is 1.67 bits per heavy atom. The molecule has 1 aromatic rings. The highest BCUT2D eigenvalue weighted by atomic mass is 32.2. The van der Waals surface area contributed by atoms with E-state index in [9.17, 15) is 8.42 Å². The molecular weight excluding hydrogens is 288 g/mol. The molecule has 1 aliphatic heterocycles. The molecule has 7 heteroatoms. The highest BCUT2D eigenvalue weighted by Gasteiger charge is 2.42. The van der Waals surface area contributed by atoms with Crippen molar-refractivity contribution in [3.63, 3.8) is 0 Å². The van der Waals surface area contributed by atoms with Gasteiger partial charge in [0.2, 0.25) is 10.0 Å². The van der Waals surface area contributed by atoms with E-state index in [0.29, 0.717) is 16.3 Å². The monoisotopic (exact) mass is 314 g/mol. The number of aryl methyl sites for hydroxylation is 2. The molecule has 1 saturated heterocycles. The van der Waals surface area contributed by atoms with Gasteiger partial charge in [0.05, 0.1) is 11.4 Å². The van der Waals surface area contributed by atoms with E-state index in [2.05, 4.69) is 16.9 Å². The maximum atomic E-state index is 13.2. The van der Waals surface area contributed by atoms with Crippen LogP contribution in [-0.4, -0.2) is 59.1 Å². The van der Waals surface area contributed by atoms with Crippen LogP contribution in [0.5, 0.6) is 0 Å². The van der Waals surface area contributed by atoms with E-state index < -0.39 is 10.0 Å². The van der Waals surface area contributed by atoms with Gasteiger partial charge in [0.15, 0.2) is 0 Å². The summed E-state index contributed by atoms with van der Waals surface area (Å²) in [7, 11) is 0.289. The number of sulfonamides is 1. The quantitative estimate of drug-likeness (QED) is 0.821. The fraction of sp³-hybridized carbons (Fsp3) is 0.786. The lowest BCUT2D eigenvalue weighted by atomic mass is 10.1. The summed E-state index contributed by atoms with van der Waals surface area (Å²) in [5, 5.41) is 4.26. The SMILES string of the molecule is Cc1nn(C)c(C)c1S(=O)(=O)N1C(C)CN(C)C(C)C1C. The molecule has 6 nitrogen and oxygen atoms in total. The third-order valence-electron chi connectivity index (χ3n) is 4.76. The van der Waals surface area contributed by atoms with E-state index in [-0.39, 0.29) is 18.1 Å². The number of nitrogens with zero attached hydrogens (tertiary/aromatic N) is 4. The van der Waals surface area contributed by atoms with Crippen molar-refractivity contribution in [2.45, 2.75) is 57.6 Å². The van der Waals surface area contributed by atoms with Crippen LogP contribution in [0.3, 0.4) is 0 Å². The van der Waals surface area contributed by atoms with Gasteiger partial charge in [-0.05, 0) is 41.7 Å². The Hall–Kier alpha value is -0.920. The summed E-state index contributed by atoms with van der Waals surface area (Å²) < 4.78 is 29.6. The predicted molar refractivity (Wildman–Crippen MR) is 82.7 cm³/mol. The van der Waals surface area contributed by atoms with Crippen LogP contribution in [0, 0.1) is 13.8 Å². The molecule has 120 valence electrons. The molecule has 0 saturated carbocycles. The lowest BCUT2D eigenvalue weighted by Crippen LogP contribution is -2.61. The van der Waals surface area contributed by atoms with Crippen LogP contribution in [0.25, 0.3) is 0 Å². The number of hydrogen-bond acceptors (Lipinski definition) is 4. The van der Waals surface area contributed by atoms with E-state index in [4.69, 9.17) is 0 Å². The van der Waals surface area contributed by atoms with Gasteiger partial charge in [-0.3, -0.25) is 4.68 Å². The minimum Gasteiger partial charge on any atom is -0.301 e. The van der Waals surface area contributed by atoms with Crippen molar-refractivity contribution in [1.82, 2.24) is 19.0 Å². The van der Waals surface area contributed by atoms with Crippen LogP contribution in [0.1, 0.15) is 32.2 Å². The molecule has 1 aliphatic rings. The molecule has 0 aliphatic carbocycles. The van der Waals surface area contributed by atoms with E-state index in [1.165, 1.54) is 0 Å². The fourth-order valence-corrected chi connectivity index (χ4v) is 5.62. The highest BCUT2D eigenvalue weighted by Crippen LogP contribution is 2.30. The van der Waals surface area contributed by atoms with Gasteiger partial charge in [0.1, 0.15) is 4.90 Å². The van der Waals surface area contributed by atoms with Gasteiger partial charge < -0.3 is 4.90 Å². The Bertz CT molecular complexity index is 638. The normalized spacial score (nSPS) is 29.0. The van der Waals surface area contributed by atoms with E-state index >= 15 is 0 Å². The minimum atomic E-state index is -3.53. The van der Waals surface area contributed by atoms with Crippen molar-refractivity contribution < 1.29 is 8.42 Å². The molecule has 0 radical (unpaired) electrons. The summed E-state index contributed by atoms with van der Waals surface area (Å²) in [5.41, 5.74) is 1.26. The van der Waals surface area contributed by atoms with Gasteiger partial charge in [-0.2, -0.15) is 9.40 Å². The van der Waals surface area contributed by atoms with Crippen LogP contribution < -0.4 is 0 Å². The summed E-state index contributed by atoms with van der Waals surface area (Å²) in [5.74, 6) is 0. The Kier molecular flexibility index (Phi) is 4.21. The summed E-state index contributed by atoms with van der Waals surface area (Å²) in [6.07, 6.45) is 0. The van der Waals surface area contributed by atoms with E-state index in [0.717, 1.165) is 6.54 Å². The highest BCUT2D eigenvalue weighted by molar-refractivity contribution is 7.89. The Morgan fingerprint density at radius 1 is 1.10 bits per heavy atom. The van der Waals surface area contributed by atoms with Gasteiger partial charge in [-0.1, -0.05) is 0 Å². The Morgan fingerprint density at radius 3 is 2.14 bits per heavy atom. The summed E-state index contributed by atoms with van der Waals surface area (Å²) in [6.45, 7) is 10.3. The molecule has 0 N–H and O–H groups in total. The van der Waals surface area contributed by atoms with Gasteiger partial charge in [0.25, 0.3) is 0 Å². The van der Waals surface area contributed by atoms with Crippen LogP contribution in [0.2, 0.25) is 0 Å². The second-order valence-corrected chi connectivity index (χ2v) is 8.01. The van der Waals surface area contributed by atoms with Crippen LogP contribution >= 0.6 is 0 Å². The number of aromatic nitrogens is 2. The number of hydrogen-bond donors (Lipinski definition) is 0. The molecule has 2 rings (SSSR count). The standard InChI is InChI=1S/C14H26N4O2S/c1-9-8-16(6)11(3)12(4)18(9)21(19,20)14-10(2)15-17(7)13(14)5/h9,11-12H,8H2,1-7H3. The van der Waals surface area contributed by atoms with E-state index in [1.807, 2.05) is 27.8 Å². The van der Waals surface area contributed by atoms with Crippen molar-refractivity contribution >= 4 is 10.0 Å². The maximum Gasteiger partial charge on any atom is 0.247 e. The average molecular weight is 314 g/mol. The maximum absolute atomic E-state index is 13.2. The average Bonchev–Trinajstić information content (AvgIpc) is 2.60. The zero-order valence-corrected chi connectivity index (χ0v) is 14.8. The second kappa shape index (κ2) is 5.37. The number of piperazine rings is 1. The smallest absolute Gasteiger partial charge is 0.247 e. The van der Waals surface area contributed by atoms with Crippen molar-refractivity contribution in [3.8, 4) is 0 Å². The molecule has 1 fully saturated rings. The van der Waals surface area contributed by atoms with Crippen molar-refractivity contribution in [2.75, 3.05) is 13.6 Å². The number of rotatable bonds is 2. The van der Waals surface area contributed by atoms with Gasteiger partial charge >= 0.3 is 0 Å². The summed E-state index contributed by atoms with van der Waals surface area (Å²) in [4.78, 5) is 2.57. The topological polar surface area (TPSA) is 58.4 Å². The van der Waals surface area contributed by atoms with Crippen LogP contribution in [0.15, 0.2) is 4.90 Å². The molecule has 0 amide bonds. The van der Waals surface area contributed by atoms with Gasteiger partial charge in [-0.25, -0.2) is 8.42 Å². The third kappa shape index (κ3) is 2.51. The molecule has 0 aromatic carbocycles. The van der Waals surface area contributed by atoms with Crippen LogP contribution in [-0.2, 0) is 17.1 Å². The summed E-state index contributed by atoms with van der Waals surface area (Å²) >= 11 is 0. The largest absolute Gasteiger partial charge is 0.301 e. The van der Waals surface area contributed by atoms with Crippen molar-refractivity contribution in [2.24, 2.45) is 7.05 Å². The predicted octanol–water partition coefficient (Wildman–Crippen LogP) is 1.14. The Balaban J connectivity index is 2.53. The zero-order valence-electron chi connectivity index (χ0n) is 14.0. The lowest BCUT2D eigenvalue weighted by Gasteiger charge is -2.46. The van der Waals surface area contributed by atoms with Crippen LogP contribution in [0.4, 0.5) is 0 Å². The molecule has 3 atom stereocenters. The molecule has 1 aromatic heterocycles. The van der Waals surface area contributed by atoms with Gasteiger partial charge in [0, 0.05) is 31.7 Å².